The molecule has 0 spiro atoms. The summed E-state index contributed by atoms with van der Waals surface area (Å²) in [6, 6.07) is 8.44. The number of ether oxygens (including phenoxy) is 1. The van der Waals surface area contributed by atoms with E-state index in [0.717, 1.165) is 24.3 Å². The molecule has 1 N–H and O–H groups in total. The van der Waals surface area contributed by atoms with Crippen LogP contribution in [0.1, 0.15) is 17.3 Å². The lowest BCUT2D eigenvalue weighted by Gasteiger charge is -2.10. The van der Waals surface area contributed by atoms with E-state index in [-0.39, 0.29) is 27.8 Å². The molecule has 0 saturated carbocycles. The highest BCUT2D eigenvalue weighted by Gasteiger charge is 2.16. The molecule has 0 aliphatic heterocycles. The predicted octanol–water partition coefficient (Wildman–Crippen LogP) is 3.46. The summed E-state index contributed by atoms with van der Waals surface area (Å²) in [5.74, 6) is -1.13. The molecule has 0 bridgehead atoms. The van der Waals surface area contributed by atoms with Gasteiger partial charge in [-0.15, -0.1) is 0 Å². The minimum absolute atomic E-state index is 0.0581. The number of hydrogen-bond acceptors (Lipinski definition) is 4. The van der Waals surface area contributed by atoms with E-state index in [4.69, 9.17) is 16.3 Å². The maximum atomic E-state index is 12.9. The summed E-state index contributed by atoms with van der Waals surface area (Å²) >= 11 is 5.97. The SMILES string of the molecule is CCOC(=O)c1ccc(NS(=O)(=O)c2ccc(F)cc2)cc1Cl. The van der Waals surface area contributed by atoms with Crippen molar-refractivity contribution in [2.45, 2.75) is 11.8 Å². The van der Waals surface area contributed by atoms with Crippen molar-refractivity contribution < 1.29 is 22.3 Å². The van der Waals surface area contributed by atoms with Gasteiger partial charge in [0.2, 0.25) is 0 Å². The highest BCUT2D eigenvalue weighted by Crippen LogP contribution is 2.24. The molecule has 0 saturated heterocycles. The van der Waals surface area contributed by atoms with Gasteiger partial charge in [-0.2, -0.15) is 0 Å². The first-order valence-electron chi connectivity index (χ1n) is 6.58. The second-order valence-electron chi connectivity index (χ2n) is 4.47. The molecule has 2 rings (SSSR count). The van der Waals surface area contributed by atoms with Gasteiger partial charge in [0.05, 0.1) is 27.8 Å². The third-order valence-electron chi connectivity index (χ3n) is 2.84. The molecule has 0 aliphatic rings. The molecule has 5 nitrogen and oxygen atoms in total. The zero-order valence-corrected chi connectivity index (χ0v) is 13.6. The van der Waals surface area contributed by atoms with Crippen LogP contribution in [0.15, 0.2) is 47.4 Å². The van der Waals surface area contributed by atoms with Crippen LogP contribution in [0, 0.1) is 5.82 Å². The van der Waals surface area contributed by atoms with E-state index in [1.807, 2.05) is 0 Å². The van der Waals surface area contributed by atoms with Crippen molar-refractivity contribution in [3.63, 3.8) is 0 Å². The summed E-state index contributed by atoms with van der Waals surface area (Å²) in [5, 5.41) is 0.0581. The number of carbonyl (C=O) groups is 1. The normalized spacial score (nSPS) is 11.1. The molecule has 8 heteroatoms. The third-order valence-corrected chi connectivity index (χ3v) is 4.55. The Kier molecular flexibility index (Phi) is 5.23. The zero-order chi connectivity index (χ0) is 17.0. The lowest BCUT2D eigenvalue weighted by atomic mass is 10.2. The van der Waals surface area contributed by atoms with E-state index < -0.39 is 21.8 Å². The Morgan fingerprint density at radius 1 is 1.22 bits per heavy atom. The molecule has 2 aromatic carbocycles. The van der Waals surface area contributed by atoms with E-state index in [1.165, 1.54) is 18.2 Å². The Balaban J connectivity index is 2.25. The number of anilines is 1. The van der Waals surface area contributed by atoms with Gasteiger partial charge in [-0.1, -0.05) is 11.6 Å². The van der Waals surface area contributed by atoms with Crippen LogP contribution in [0.4, 0.5) is 10.1 Å². The summed E-state index contributed by atoms with van der Waals surface area (Å²) < 4.78 is 44.4. The number of esters is 1. The van der Waals surface area contributed by atoms with Gasteiger partial charge in [-0.05, 0) is 49.4 Å². The second kappa shape index (κ2) is 6.97. The third kappa shape index (κ3) is 4.20. The van der Waals surface area contributed by atoms with Gasteiger partial charge in [0.15, 0.2) is 0 Å². The predicted molar refractivity (Wildman–Crippen MR) is 84.6 cm³/mol. The first kappa shape index (κ1) is 17.2. The number of rotatable bonds is 5. The maximum Gasteiger partial charge on any atom is 0.339 e. The van der Waals surface area contributed by atoms with Crippen molar-refractivity contribution in [2.75, 3.05) is 11.3 Å². The van der Waals surface area contributed by atoms with Gasteiger partial charge < -0.3 is 4.74 Å². The first-order chi connectivity index (χ1) is 10.8. The molecule has 0 fully saturated rings. The zero-order valence-electron chi connectivity index (χ0n) is 12.0. The Morgan fingerprint density at radius 2 is 1.87 bits per heavy atom. The van der Waals surface area contributed by atoms with E-state index in [9.17, 15) is 17.6 Å². The monoisotopic (exact) mass is 357 g/mol. The second-order valence-corrected chi connectivity index (χ2v) is 6.56. The molecular formula is C15H13ClFNO4S. The van der Waals surface area contributed by atoms with E-state index in [2.05, 4.69) is 4.72 Å². The van der Waals surface area contributed by atoms with Crippen molar-refractivity contribution in [3.05, 3.63) is 58.9 Å². The van der Waals surface area contributed by atoms with Crippen LogP contribution in [0.25, 0.3) is 0 Å². The molecule has 0 radical (unpaired) electrons. The van der Waals surface area contributed by atoms with Crippen molar-refractivity contribution >= 4 is 33.3 Å². The van der Waals surface area contributed by atoms with Crippen molar-refractivity contribution in [2.24, 2.45) is 0 Å². The number of nitrogens with one attached hydrogen (secondary N) is 1. The number of halogens is 2. The standard InChI is InChI=1S/C15H13ClFNO4S/c1-2-22-15(19)13-8-5-11(9-14(13)16)18-23(20,21)12-6-3-10(17)4-7-12/h3-9,18H,2H2,1H3. The molecule has 0 heterocycles. The number of sulfonamides is 1. The Morgan fingerprint density at radius 3 is 2.43 bits per heavy atom. The van der Waals surface area contributed by atoms with Gasteiger partial charge in [0, 0.05) is 0 Å². The van der Waals surface area contributed by atoms with E-state index in [1.54, 1.807) is 6.92 Å². The average molecular weight is 358 g/mol. The lowest BCUT2D eigenvalue weighted by Crippen LogP contribution is -2.13. The molecule has 0 aromatic heterocycles. The fourth-order valence-corrected chi connectivity index (χ4v) is 3.09. The van der Waals surface area contributed by atoms with Gasteiger partial charge >= 0.3 is 5.97 Å². The molecule has 0 amide bonds. The van der Waals surface area contributed by atoms with Gasteiger partial charge in [0.1, 0.15) is 5.82 Å². The highest BCUT2D eigenvalue weighted by atomic mass is 35.5. The van der Waals surface area contributed by atoms with Crippen LogP contribution in [-0.4, -0.2) is 21.0 Å². The molecule has 0 unspecified atom stereocenters. The highest BCUT2D eigenvalue weighted by molar-refractivity contribution is 7.92. The van der Waals surface area contributed by atoms with E-state index in [0.29, 0.717) is 0 Å². The minimum Gasteiger partial charge on any atom is -0.462 e. The summed E-state index contributed by atoms with van der Waals surface area (Å²) in [4.78, 5) is 11.5. The van der Waals surface area contributed by atoms with Gasteiger partial charge in [-0.3, -0.25) is 4.72 Å². The molecule has 23 heavy (non-hydrogen) atoms. The van der Waals surface area contributed by atoms with Crippen molar-refractivity contribution in [3.8, 4) is 0 Å². The van der Waals surface area contributed by atoms with Gasteiger partial charge in [-0.25, -0.2) is 17.6 Å². The van der Waals surface area contributed by atoms with Crippen LogP contribution >= 0.6 is 11.6 Å². The smallest absolute Gasteiger partial charge is 0.339 e. The Labute approximate surface area is 138 Å². The summed E-state index contributed by atoms with van der Waals surface area (Å²) in [5.41, 5.74) is 0.311. The minimum atomic E-state index is -3.88. The molecular weight excluding hydrogens is 345 g/mol. The quantitative estimate of drug-likeness (QED) is 0.832. The largest absolute Gasteiger partial charge is 0.462 e. The summed E-state index contributed by atoms with van der Waals surface area (Å²) in [6.07, 6.45) is 0. The van der Waals surface area contributed by atoms with Crippen LogP contribution in [0.5, 0.6) is 0 Å². The molecule has 0 atom stereocenters. The van der Waals surface area contributed by atoms with Crippen molar-refractivity contribution in [1.29, 1.82) is 0 Å². The Hall–Kier alpha value is -2.12. The number of hydrogen-bond donors (Lipinski definition) is 1. The van der Waals surface area contributed by atoms with Crippen LogP contribution in [0.3, 0.4) is 0 Å². The van der Waals surface area contributed by atoms with Crippen LogP contribution in [-0.2, 0) is 14.8 Å². The van der Waals surface area contributed by atoms with Crippen molar-refractivity contribution in [1.82, 2.24) is 0 Å². The maximum absolute atomic E-state index is 12.9. The summed E-state index contributed by atoms with van der Waals surface area (Å²) in [6.45, 7) is 1.87. The molecule has 0 aliphatic carbocycles. The fourth-order valence-electron chi connectivity index (χ4n) is 1.78. The summed E-state index contributed by atoms with van der Waals surface area (Å²) in [7, 11) is -3.88. The molecule has 2 aromatic rings. The number of carbonyl (C=O) groups excluding carboxylic acids is 1. The molecule has 122 valence electrons. The average Bonchev–Trinajstić information content (AvgIpc) is 2.47. The fraction of sp³-hybridized carbons (Fsp3) is 0.133. The first-order valence-corrected chi connectivity index (χ1v) is 8.44. The Bertz CT molecular complexity index is 822. The van der Waals surface area contributed by atoms with Gasteiger partial charge in [0.25, 0.3) is 10.0 Å². The topological polar surface area (TPSA) is 72.5 Å². The van der Waals surface area contributed by atoms with Crippen LogP contribution in [0.2, 0.25) is 5.02 Å². The lowest BCUT2D eigenvalue weighted by molar-refractivity contribution is 0.0526. The van der Waals surface area contributed by atoms with E-state index >= 15 is 0 Å². The number of benzene rings is 2. The van der Waals surface area contributed by atoms with Crippen LogP contribution < -0.4 is 4.72 Å².